The van der Waals surface area contributed by atoms with Gasteiger partial charge in [0.25, 0.3) is 0 Å². The number of halogens is 4. The Labute approximate surface area is 120 Å². The number of ether oxygens (including phenoxy) is 1. The average Bonchev–Trinajstić information content (AvgIpc) is 2.56. The van der Waals surface area contributed by atoms with E-state index in [0.29, 0.717) is 0 Å². The SMILES string of the molecule is NC1CCCCCC1Oc1ncc(C(F)(F)F)cc1Cl. The molecular formula is C13H16ClF3N2O. The molecule has 1 aliphatic carbocycles. The summed E-state index contributed by atoms with van der Waals surface area (Å²) < 4.78 is 43.2. The van der Waals surface area contributed by atoms with Crippen molar-refractivity contribution in [2.45, 2.75) is 50.4 Å². The highest BCUT2D eigenvalue weighted by atomic mass is 35.5. The number of nitrogens with zero attached hydrogens (tertiary/aromatic N) is 1. The van der Waals surface area contributed by atoms with Crippen LogP contribution < -0.4 is 10.5 Å². The Balaban J connectivity index is 2.13. The Morgan fingerprint density at radius 2 is 1.95 bits per heavy atom. The minimum Gasteiger partial charge on any atom is -0.472 e. The van der Waals surface area contributed by atoms with Crippen LogP contribution in [0.25, 0.3) is 0 Å². The zero-order valence-corrected chi connectivity index (χ0v) is 11.5. The molecule has 0 aromatic carbocycles. The van der Waals surface area contributed by atoms with E-state index in [1.54, 1.807) is 0 Å². The standard InChI is InChI=1S/C13H16ClF3N2O/c14-9-6-8(13(15,16)17)7-19-12(9)20-11-5-3-1-2-4-10(11)18/h6-7,10-11H,1-5,18H2. The Bertz CT molecular complexity index is 467. The molecule has 2 unspecified atom stereocenters. The van der Waals surface area contributed by atoms with Crippen molar-refractivity contribution < 1.29 is 17.9 Å². The third kappa shape index (κ3) is 3.76. The highest BCUT2D eigenvalue weighted by Crippen LogP contribution is 2.34. The molecule has 2 N–H and O–H groups in total. The van der Waals surface area contributed by atoms with Crippen molar-refractivity contribution in [2.24, 2.45) is 5.73 Å². The second kappa shape index (κ2) is 6.18. The quantitative estimate of drug-likeness (QED) is 0.846. The Kier molecular flexibility index (Phi) is 4.75. The second-order valence-electron chi connectivity index (χ2n) is 4.97. The molecule has 1 saturated carbocycles. The fourth-order valence-corrected chi connectivity index (χ4v) is 2.47. The first-order valence-corrected chi connectivity index (χ1v) is 6.90. The molecule has 0 saturated heterocycles. The second-order valence-corrected chi connectivity index (χ2v) is 5.37. The first-order valence-electron chi connectivity index (χ1n) is 6.53. The number of nitrogens with two attached hydrogens (primary N) is 1. The molecule has 2 atom stereocenters. The van der Waals surface area contributed by atoms with Crippen molar-refractivity contribution in [3.05, 3.63) is 22.8 Å². The van der Waals surface area contributed by atoms with Crippen molar-refractivity contribution in [2.75, 3.05) is 0 Å². The summed E-state index contributed by atoms with van der Waals surface area (Å²) in [6, 6.07) is 0.684. The minimum atomic E-state index is -4.46. The number of hydrogen-bond acceptors (Lipinski definition) is 3. The van der Waals surface area contributed by atoms with Gasteiger partial charge in [-0.3, -0.25) is 0 Å². The van der Waals surface area contributed by atoms with Gasteiger partial charge in [0.15, 0.2) is 0 Å². The fraction of sp³-hybridized carbons (Fsp3) is 0.615. The summed E-state index contributed by atoms with van der Waals surface area (Å²) >= 11 is 5.81. The lowest BCUT2D eigenvalue weighted by Crippen LogP contribution is -2.38. The molecule has 7 heteroatoms. The molecule has 112 valence electrons. The molecule has 3 nitrogen and oxygen atoms in total. The van der Waals surface area contributed by atoms with Gasteiger partial charge in [-0.15, -0.1) is 0 Å². The maximum absolute atomic E-state index is 12.5. The summed E-state index contributed by atoms with van der Waals surface area (Å²) in [6.07, 6.45) is 0.716. The molecule has 1 aromatic rings. The van der Waals surface area contributed by atoms with Gasteiger partial charge in [-0.2, -0.15) is 13.2 Å². The molecule has 0 amide bonds. The van der Waals surface area contributed by atoms with E-state index in [1.165, 1.54) is 0 Å². The van der Waals surface area contributed by atoms with Crippen LogP contribution in [0.1, 0.15) is 37.7 Å². The van der Waals surface area contributed by atoms with E-state index in [2.05, 4.69) is 4.98 Å². The van der Waals surface area contributed by atoms with Crippen molar-refractivity contribution in [1.29, 1.82) is 0 Å². The van der Waals surface area contributed by atoms with E-state index in [0.717, 1.165) is 44.4 Å². The molecule has 1 aliphatic rings. The maximum Gasteiger partial charge on any atom is 0.417 e. The minimum absolute atomic E-state index is 0.0158. The normalized spacial score (nSPS) is 24.2. The molecule has 1 fully saturated rings. The van der Waals surface area contributed by atoms with Crippen LogP contribution in [-0.2, 0) is 6.18 Å². The monoisotopic (exact) mass is 308 g/mol. The Hall–Kier alpha value is -1.01. The molecule has 1 aromatic heterocycles. The van der Waals surface area contributed by atoms with E-state index in [-0.39, 0.29) is 23.0 Å². The van der Waals surface area contributed by atoms with Gasteiger partial charge in [-0.1, -0.05) is 24.4 Å². The number of pyridine rings is 1. The van der Waals surface area contributed by atoms with Gasteiger partial charge in [0.2, 0.25) is 5.88 Å². The topological polar surface area (TPSA) is 48.1 Å². The van der Waals surface area contributed by atoms with Crippen LogP contribution in [0.5, 0.6) is 5.88 Å². The van der Waals surface area contributed by atoms with E-state index in [1.807, 2.05) is 0 Å². The van der Waals surface area contributed by atoms with E-state index in [4.69, 9.17) is 22.1 Å². The molecule has 20 heavy (non-hydrogen) atoms. The average molecular weight is 309 g/mol. The lowest BCUT2D eigenvalue weighted by molar-refractivity contribution is -0.137. The highest BCUT2D eigenvalue weighted by molar-refractivity contribution is 6.31. The van der Waals surface area contributed by atoms with Crippen LogP contribution in [0.4, 0.5) is 13.2 Å². The third-order valence-corrected chi connectivity index (χ3v) is 3.67. The van der Waals surface area contributed by atoms with E-state index in [9.17, 15) is 13.2 Å². The van der Waals surface area contributed by atoms with E-state index < -0.39 is 11.7 Å². The highest BCUT2D eigenvalue weighted by Gasteiger charge is 2.32. The summed E-state index contributed by atoms with van der Waals surface area (Å²) in [5, 5.41) is -0.142. The Morgan fingerprint density at radius 1 is 1.25 bits per heavy atom. The van der Waals surface area contributed by atoms with Gasteiger partial charge in [0.1, 0.15) is 11.1 Å². The zero-order chi connectivity index (χ0) is 14.8. The van der Waals surface area contributed by atoms with Crippen molar-refractivity contribution in [3.8, 4) is 5.88 Å². The molecule has 2 rings (SSSR count). The first kappa shape index (κ1) is 15.4. The molecule has 0 bridgehead atoms. The fourth-order valence-electron chi connectivity index (χ4n) is 2.26. The maximum atomic E-state index is 12.5. The van der Waals surface area contributed by atoms with Gasteiger partial charge in [-0.05, 0) is 25.3 Å². The number of aromatic nitrogens is 1. The zero-order valence-electron chi connectivity index (χ0n) is 10.8. The number of alkyl halides is 3. The van der Waals surface area contributed by atoms with Crippen LogP contribution in [0.15, 0.2) is 12.3 Å². The molecule has 0 radical (unpaired) electrons. The molecular weight excluding hydrogens is 293 g/mol. The van der Waals surface area contributed by atoms with Crippen LogP contribution in [0.2, 0.25) is 5.02 Å². The molecule has 0 spiro atoms. The van der Waals surface area contributed by atoms with Gasteiger partial charge < -0.3 is 10.5 Å². The smallest absolute Gasteiger partial charge is 0.417 e. The van der Waals surface area contributed by atoms with Crippen LogP contribution in [0, 0.1) is 0 Å². The van der Waals surface area contributed by atoms with Gasteiger partial charge in [0.05, 0.1) is 5.56 Å². The van der Waals surface area contributed by atoms with E-state index >= 15 is 0 Å². The number of rotatable bonds is 2. The molecule has 1 heterocycles. The van der Waals surface area contributed by atoms with Crippen LogP contribution >= 0.6 is 11.6 Å². The van der Waals surface area contributed by atoms with Crippen LogP contribution in [0.3, 0.4) is 0 Å². The lowest BCUT2D eigenvalue weighted by Gasteiger charge is -2.22. The van der Waals surface area contributed by atoms with Gasteiger partial charge in [0, 0.05) is 12.2 Å². The predicted octanol–water partition coefficient (Wildman–Crippen LogP) is 3.79. The Morgan fingerprint density at radius 3 is 2.60 bits per heavy atom. The molecule has 0 aliphatic heterocycles. The summed E-state index contributed by atoms with van der Waals surface area (Å²) in [5.41, 5.74) is 5.11. The third-order valence-electron chi connectivity index (χ3n) is 3.40. The summed E-state index contributed by atoms with van der Waals surface area (Å²) in [7, 11) is 0. The summed E-state index contributed by atoms with van der Waals surface area (Å²) in [4.78, 5) is 3.67. The van der Waals surface area contributed by atoms with Crippen molar-refractivity contribution in [1.82, 2.24) is 4.98 Å². The van der Waals surface area contributed by atoms with Crippen molar-refractivity contribution in [3.63, 3.8) is 0 Å². The lowest BCUT2D eigenvalue weighted by atomic mass is 10.1. The van der Waals surface area contributed by atoms with Crippen molar-refractivity contribution >= 4 is 11.6 Å². The predicted molar refractivity (Wildman–Crippen MR) is 69.7 cm³/mol. The van der Waals surface area contributed by atoms with Gasteiger partial charge >= 0.3 is 6.18 Å². The van der Waals surface area contributed by atoms with Gasteiger partial charge in [-0.25, -0.2) is 4.98 Å². The summed E-state index contributed by atoms with van der Waals surface area (Å²) in [5.74, 6) is 0.0158. The largest absolute Gasteiger partial charge is 0.472 e. The number of hydrogen-bond donors (Lipinski definition) is 1. The first-order chi connectivity index (χ1) is 9.38. The van der Waals surface area contributed by atoms with Crippen LogP contribution in [-0.4, -0.2) is 17.1 Å². The summed E-state index contributed by atoms with van der Waals surface area (Å²) in [6.45, 7) is 0.